The number of aldehydes is 1. The third-order valence-corrected chi connectivity index (χ3v) is 17.4. The molecule has 30 heteroatoms. The van der Waals surface area contributed by atoms with Gasteiger partial charge in [-0.05, 0) is 107 Å². The fourth-order valence-electron chi connectivity index (χ4n) is 10.9. The van der Waals surface area contributed by atoms with Crippen LogP contribution in [0.5, 0.6) is 5.75 Å². The van der Waals surface area contributed by atoms with E-state index in [1.165, 1.54) is 45.2 Å². The number of amides is 8. The first-order chi connectivity index (χ1) is 42.7. The van der Waals surface area contributed by atoms with Gasteiger partial charge in [0.2, 0.25) is 11.8 Å². The number of aliphatic hydroxyl groups is 1. The third kappa shape index (κ3) is 17.9. The minimum atomic E-state index is -5.19. The Balaban J connectivity index is 1.21. The van der Waals surface area contributed by atoms with Crippen LogP contribution in [0.1, 0.15) is 102 Å². The number of unbranched alkanes of at least 4 members (excludes halogenated alkanes) is 1. The lowest BCUT2D eigenvalue weighted by Crippen LogP contribution is -2.63. The maximum atomic E-state index is 15.1. The number of urea groups is 1. The number of halogens is 4. The van der Waals surface area contributed by atoms with E-state index in [9.17, 15) is 48.3 Å². The molecule has 2 saturated heterocycles. The van der Waals surface area contributed by atoms with Gasteiger partial charge in [-0.3, -0.25) is 34.2 Å². The summed E-state index contributed by atoms with van der Waals surface area (Å²) in [5.41, 5.74) is -0.748. The summed E-state index contributed by atoms with van der Waals surface area (Å²) < 4.78 is 74.7. The smallest absolute Gasteiger partial charge is 0.418 e. The minimum absolute atomic E-state index is 0.0323. The number of primary amides is 1. The third-order valence-electron chi connectivity index (χ3n) is 16.8. The van der Waals surface area contributed by atoms with Crippen molar-refractivity contribution >= 4 is 94.2 Å². The molecule has 498 valence electrons. The molecule has 2 aromatic rings. The molecule has 9 N–H and O–H groups in total. The van der Waals surface area contributed by atoms with Crippen LogP contribution in [-0.4, -0.2) is 182 Å². The summed E-state index contributed by atoms with van der Waals surface area (Å²) >= 11 is 12.3. The van der Waals surface area contributed by atoms with Crippen molar-refractivity contribution in [3.05, 3.63) is 88.0 Å². The average Bonchev–Trinajstić information content (AvgIpc) is 1.59. The van der Waals surface area contributed by atoms with Crippen LogP contribution in [0.15, 0.2) is 66.3 Å². The SMILES string of the molecule is COc1cc2cc(c1Cl)N(C)C(=O)C[C@H](OC(=O)[C@H](C)N(C)C(=O)c1ccc(NC(=O)[C@H](CCCNC(N)=O)NC[C@](C=O)(NC(=S)NCCCCN3C(=O)C=CC3=O)C(C)C)c(C(F)(F)F)c1)[C@]1(C)O[C@H]1[C@H](C)[C@@H]1C[C@@](O)(NC(=O)O1)[C@H](OC)/C=C/C=C(\C)C2. The number of rotatable bonds is 23. The number of nitrogens with zero attached hydrogens (tertiary/aromatic N) is 3. The number of thiocarbonyl (C=S) groups is 1. The summed E-state index contributed by atoms with van der Waals surface area (Å²) in [6.07, 6.45) is -2.13. The Labute approximate surface area is 535 Å². The van der Waals surface area contributed by atoms with Gasteiger partial charge in [0, 0.05) is 77.4 Å². The number of carbonyl (C=O) groups is 9. The number of nitrogens with one attached hydrogen (secondary N) is 6. The van der Waals surface area contributed by atoms with Crippen LogP contribution < -0.4 is 47.3 Å². The van der Waals surface area contributed by atoms with Crippen molar-refractivity contribution in [1.82, 2.24) is 36.4 Å². The molecule has 4 aliphatic rings. The quantitative estimate of drug-likeness (QED) is 0.0182. The number of hydrogen-bond donors (Lipinski definition) is 8. The van der Waals surface area contributed by atoms with Crippen LogP contribution >= 0.6 is 23.8 Å². The first-order valence-corrected chi connectivity index (χ1v) is 30.2. The zero-order chi connectivity index (χ0) is 67.5. The molecular formula is C61H80ClF3N10O15S. The largest absolute Gasteiger partial charge is 0.495 e. The number of alkyl carbamates (subject to hydrolysis) is 1. The number of nitrogens with two attached hydrogens (primary N) is 1. The van der Waals surface area contributed by atoms with E-state index < -0.39 is 142 Å². The van der Waals surface area contributed by atoms with Crippen LogP contribution in [0.3, 0.4) is 0 Å². The summed E-state index contributed by atoms with van der Waals surface area (Å²) in [7, 11) is 5.38. The summed E-state index contributed by atoms with van der Waals surface area (Å²) in [6.45, 7) is 9.89. The zero-order valence-electron chi connectivity index (χ0n) is 52.2. The first kappa shape index (κ1) is 72.4. The number of fused-ring (bicyclic) bond motifs is 5. The van der Waals surface area contributed by atoms with E-state index in [-0.39, 0.29) is 67.0 Å². The molecule has 0 saturated carbocycles. The van der Waals surface area contributed by atoms with Crippen molar-refractivity contribution in [1.29, 1.82) is 0 Å². The summed E-state index contributed by atoms with van der Waals surface area (Å²) in [5, 5.41) is 28.1. The van der Waals surface area contributed by atoms with Crippen LogP contribution in [0.25, 0.3) is 0 Å². The van der Waals surface area contributed by atoms with Gasteiger partial charge >= 0.3 is 24.3 Å². The molecule has 0 unspecified atom stereocenters. The summed E-state index contributed by atoms with van der Waals surface area (Å²) in [5.74, 6) is -5.63. The molecule has 0 radical (unpaired) electrons. The van der Waals surface area contributed by atoms with Crippen molar-refractivity contribution < 1.29 is 85.1 Å². The van der Waals surface area contributed by atoms with Gasteiger partial charge in [-0.1, -0.05) is 56.2 Å². The van der Waals surface area contributed by atoms with E-state index >= 15 is 13.2 Å². The van der Waals surface area contributed by atoms with Gasteiger partial charge in [0.25, 0.3) is 17.7 Å². The number of anilines is 2. The van der Waals surface area contributed by atoms with Crippen molar-refractivity contribution in [3.63, 3.8) is 0 Å². The normalized spacial score (nSPS) is 24.9. The maximum absolute atomic E-state index is 15.1. The number of epoxide rings is 1. The highest BCUT2D eigenvalue weighted by atomic mass is 35.5. The second-order valence-corrected chi connectivity index (χ2v) is 24.3. The van der Waals surface area contributed by atoms with Gasteiger partial charge in [-0.2, -0.15) is 13.2 Å². The predicted octanol–water partition coefficient (Wildman–Crippen LogP) is 4.96. The fraction of sp³-hybridized carbons (Fsp3) is 0.541. The van der Waals surface area contributed by atoms with E-state index in [1.807, 2.05) is 6.92 Å². The van der Waals surface area contributed by atoms with Crippen molar-refractivity contribution in [3.8, 4) is 5.75 Å². The van der Waals surface area contributed by atoms with Crippen molar-refractivity contribution in [2.24, 2.45) is 17.6 Å². The van der Waals surface area contributed by atoms with E-state index in [0.29, 0.717) is 37.2 Å². The number of esters is 1. The molecule has 2 fully saturated rings. The highest BCUT2D eigenvalue weighted by molar-refractivity contribution is 7.80. The number of hydrogen-bond acceptors (Lipinski definition) is 17. The number of likely N-dealkylation sites (N-methyl/N-ethyl adjacent to an activating group) is 1. The molecule has 8 amide bonds. The van der Waals surface area contributed by atoms with Gasteiger partial charge < -0.3 is 75.7 Å². The Morgan fingerprint density at radius 3 is 2.34 bits per heavy atom. The second kappa shape index (κ2) is 30.6. The molecular weight excluding hydrogens is 1240 g/mol. The lowest BCUT2D eigenvalue weighted by Gasteiger charge is -2.42. The lowest BCUT2D eigenvalue weighted by molar-refractivity contribution is -0.158. The minimum Gasteiger partial charge on any atom is -0.495 e. The molecule has 4 bridgehead atoms. The molecule has 25 nitrogen and oxygen atoms in total. The first-order valence-electron chi connectivity index (χ1n) is 29.4. The second-order valence-electron chi connectivity index (χ2n) is 23.5. The van der Waals surface area contributed by atoms with Gasteiger partial charge in [-0.25, -0.2) is 14.4 Å². The van der Waals surface area contributed by atoms with Crippen LogP contribution in [0.4, 0.5) is 34.1 Å². The number of methoxy groups -OCH3 is 2. The monoisotopic (exact) mass is 1320 g/mol. The van der Waals surface area contributed by atoms with Crippen LogP contribution in [0.2, 0.25) is 5.02 Å². The summed E-state index contributed by atoms with van der Waals surface area (Å²) in [4.78, 5) is 122. The molecule has 10 atom stereocenters. The topological polar surface area (TPSA) is 331 Å². The molecule has 91 heavy (non-hydrogen) atoms. The predicted molar refractivity (Wildman–Crippen MR) is 331 cm³/mol. The Morgan fingerprint density at radius 1 is 1.03 bits per heavy atom. The Kier molecular flexibility index (Phi) is 24.3. The Hall–Kier alpha value is -7.70. The standard InChI is InChI=1S/C61H80ClF3N10O15S/c1-33(2)59(32-76,71-56(91)68-22-11-12-24-75-47(77)20-21-48(75)78)31-69-41(16-14-23-67-55(66)83)52(80)70-40-19-18-38(28-39(40)61(63,64)65)53(81)73(7)36(5)54(82)89-46-29-49(79)74(8)42-26-37(27-43(86-9)50(42)62)25-34(3)15-13-17-45(87-10)60(85)30-44(88-57(84)72-60)35(4)51-58(46,6)90-51/h13,15,17-21,26-28,32-33,35-36,41,44-46,51,69,85H,11-12,14,16,22-25,29-31H2,1-10H3,(H,70,80)(H,72,84)(H3,66,67,83)(H2,68,71,91)/b17-13+,34-15+/t35-,36+,41+,44+,45-,46+,51+,58+,59-,60+/m1/s1. The van der Waals surface area contributed by atoms with Crippen molar-refractivity contribution in [2.75, 3.05) is 64.7 Å². The number of alkyl halides is 3. The zero-order valence-corrected chi connectivity index (χ0v) is 53.8. The molecule has 2 aromatic carbocycles. The van der Waals surface area contributed by atoms with E-state index in [0.717, 1.165) is 34.6 Å². The number of allylic oxidation sites excluding steroid dienone is 3. The van der Waals surface area contributed by atoms with E-state index in [2.05, 4.69) is 31.9 Å². The molecule has 4 aliphatic heterocycles. The van der Waals surface area contributed by atoms with E-state index in [1.54, 1.807) is 58.1 Å². The Bertz CT molecular complexity index is 3190. The molecule has 4 heterocycles. The fourth-order valence-corrected chi connectivity index (χ4v) is 11.5. The number of imide groups is 1. The molecule has 0 aromatic heterocycles. The number of ether oxygens (including phenoxy) is 5. The average molecular weight is 1320 g/mol. The molecule has 0 aliphatic carbocycles. The molecule has 6 rings (SSSR count). The maximum Gasteiger partial charge on any atom is 0.418 e. The van der Waals surface area contributed by atoms with Crippen molar-refractivity contribution in [2.45, 2.75) is 146 Å². The van der Waals surface area contributed by atoms with Gasteiger partial charge in [-0.15, -0.1) is 0 Å². The van der Waals surface area contributed by atoms with Gasteiger partial charge in [0.15, 0.2) is 10.8 Å². The Morgan fingerprint density at radius 2 is 1.71 bits per heavy atom. The lowest BCUT2D eigenvalue weighted by atomic mass is 9.83. The highest BCUT2D eigenvalue weighted by Gasteiger charge is 2.64. The molecule has 0 spiro atoms. The van der Waals surface area contributed by atoms with Gasteiger partial charge in [0.05, 0.1) is 42.6 Å². The van der Waals surface area contributed by atoms with Crippen LogP contribution in [0, 0.1) is 11.8 Å². The number of carbonyl (C=O) groups excluding carboxylic acids is 9. The van der Waals surface area contributed by atoms with E-state index in [4.69, 9.17) is 53.2 Å². The van der Waals surface area contributed by atoms with Gasteiger partial charge in [0.1, 0.15) is 52.6 Å². The summed E-state index contributed by atoms with van der Waals surface area (Å²) in [6, 6.07) is 2.04. The van der Waals surface area contributed by atoms with Crippen LogP contribution in [-0.2, 0) is 60.3 Å². The number of benzene rings is 2. The highest BCUT2D eigenvalue weighted by Crippen LogP contribution is 2.49.